The molecule has 8 heteroatoms. The van der Waals surface area contributed by atoms with Gasteiger partial charge in [0.05, 0.1) is 5.88 Å². The van der Waals surface area contributed by atoms with E-state index in [1.54, 1.807) is 23.1 Å². The van der Waals surface area contributed by atoms with Crippen LogP contribution in [0.5, 0.6) is 5.75 Å². The van der Waals surface area contributed by atoms with Crippen LogP contribution >= 0.6 is 11.6 Å². The monoisotopic (exact) mass is 368 g/mol. The molecular weight excluding hydrogens is 348 g/mol. The van der Waals surface area contributed by atoms with Gasteiger partial charge in [0.15, 0.2) is 0 Å². The standard InChI is InChI=1S/C17H21ClN2O5/c1-12(21)25-15-4-2-3-13(11-15)16(22)19-14-5-8-20(9-6-14)17(23)24-10-7-18/h2-4,11,14H,5-10H2,1H3,(H,19,22). The molecule has 1 saturated heterocycles. The molecule has 0 aliphatic carbocycles. The van der Waals surface area contributed by atoms with Gasteiger partial charge >= 0.3 is 12.1 Å². The number of esters is 1. The van der Waals surface area contributed by atoms with Crippen molar-refractivity contribution in [2.24, 2.45) is 0 Å². The van der Waals surface area contributed by atoms with Gasteiger partial charge in [0, 0.05) is 31.6 Å². The van der Waals surface area contributed by atoms with Crippen LogP contribution in [0.3, 0.4) is 0 Å². The zero-order valence-corrected chi connectivity index (χ0v) is 14.8. The van der Waals surface area contributed by atoms with Crippen LogP contribution < -0.4 is 10.1 Å². The van der Waals surface area contributed by atoms with Crippen molar-refractivity contribution in [1.82, 2.24) is 10.2 Å². The predicted octanol–water partition coefficient (Wildman–Crippen LogP) is 2.18. The van der Waals surface area contributed by atoms with Gasteiger partial charge in [-0.2, -0.15) is 0 Å². The fraction of sp³-hybridized carbons (Fsp3) is 0.471. The first-order valence-corrected chi connectivity index (χ1v) is 8.60. The summed E-state index contributed by atoms with van der Waals surface area (Å²) in [5, 5.41) is 2.94. The first-order chi connectivity index (χ1) is 12.0. The molecule has 1 fully saturated rings. The molecule has 0 aromatic heterocycles. The molecule has 0 unspecified atom stereocenters. The van der Waals surface area contributed by atoms with Crippen LogP contribution in [0.2, 0.25) is 0 Å². The summed E-state index contributed by atoms with van der Waals surface area (Å²) in [5.74, 6) is -0.0786. The average Bonchev–Trinajstić information content (AvgIpc) is 2.60. The first-order valence-electron chi connectivity index (χ1n) is 8.06. The number of carbonyl (C=O) groups excluding carboxylic acids is 3. The second-order valence-corrected chi connectivity index (χ2v) is 6.04. The number of alkyl halides is 1. The van der Waals surface area contributed by atoms with Crippen molar-refractivity contribution in [3.05, 3.63) is 29.8 Å². The molecular formula is C17H21ClN2O5. The summed E-state index contributed by atoms with van der Waals surface area (Å²) in [5.41, 5.74) is 0.419. The predicted molar refractivity (Wildman–Crippen MR) is 91.9 cm³/mol. The molecule has 1 aliphatic heterocycles. The minimum atomic E-state index is -0.439. The van der Waals surface area contributed by atoms with E-state index in [4.69, 9.17) is 21.1 Å². The Morgan fingerprint density at radius 3 is 2.64 bits per heavy atom. The van der Waals surface area contributed by atoms with E-state index in [0.29, 0.717) is 37.2 Å². The SMILES string of the molecule is CC(=O)Oc1cccc(C(=O)NC2CCN(C(=O)OCCCl)CC2)c1. The van der Waals surface area contributed by atoms with Gasteiger partial charge in [0.2, 0.25) is 0 Å². The topological polar surface area (TPSA) is 84.9 Å². The Bertz CT molecular complexity index is 629. The minimum Gasteiger partial charge on any atom is -0.448 e. The van der Waals surface area contributed by atoms with E-state index in [0.717, 1.165) is 0 Å². The van der Waals surface area contributed by atoms with Gasteiger partial charge in [-0.15, -0.1) is 11.6 Å². The fourth-order valence-corrected chi connectivity index (χ4v) is 2.64. The van der Waals surface area contributed by atoms with Crippen molar-refractivity contribution in [1.29, 1.82) is 0 Å². The maximum absolute atomic E-state index is 12.3. The van der Waals surface area contributed by atoms with Crippen LogP contribution in [-0.2, 0) is 9.53 Å². The lowest BCUT2D eigenvalue weighted by molar-refractivity contribution is -0.131. The Morgan fingerprint density at radius 1 is 1.28 bits per heavy atom. The molecule has 0 spiro atoms. The summed E-state index contributed by atoms with van der Waals surface area (Å²) >= 11 is 5.49. The fourth-order valence-electron chi connectivity index (χ4n) is 2.56. The largest absolute Gasteiger partial charge is 0.448 e. The summed E-state index contributed by atoms with van der Waals surface area (Å²) in [6, 6.07) is 6.42. The maximum atomic E-state index is 12.3. The molecule has 136 valence electrons. The molecule has 1 aliphatic rings. The smallest absolute Gasteiger partial charge is 0.409 e. The summed E-state index contributed by atoms with van der Waals surface area (Å²) < 4.78 is 9.97. The first kappa shape index (κ1) is 19.1. The van der Waals surface area contributed by atoms with Crippen LogP contribution in [0.25, 0.3) is 0 Å². The highest BCUT2D eigenvalue weighted by Crippen LogP contribution is 2.16. The van der Waals surface area contributed by atoms with Crippen LogP contribution in [0.1, 0.15) is 30.1 Å². The molecule has 0 radical (unpaired) electrons. The van der Waals surface area contributed by atoms with Crippen molar-refractivity contribution in [3.63, 3.8) is 0 Å². The lowest BCUT2D eigenvalue weighted by Gasteiger charge is -2.31. The zero-order chi connectivity index (χ0) is 18.2. The van der Waals surface area contributed by atoms with Gasteiger partial charge in [-0.1, -0.05) is 6.07 Å². The van der Waals surface area contributed by atoms with Crippen molar-refractivity contribution >= 4 is 29.6 Å². The van der Waals surface area contributed by atoms with Crippen LogP contribution in [0, 0.1) is 0 Å². The Hall–Kier alpha value is -2.28. The number of carbonyl (C=O) groups is 3. The number of ether oxygens (including phenoxy) is 2. The number of hydrogen-bond acceptors (Lipinski definition) is 5. The summed E-state index contributed by atoms with van der Waals surface area (Å²) in [6.07, 6.45) is 0.913. The Labute approximate surface area is 151 Å². The van der Waals surface area contributed by atoms with Crippen molar-refractivity contribution in [2.45, 2.75) is 25.8 Å². The molecule has 2 amide bonds. The summed E-state index contributed by atoms with van der Waals surface area (Å²) in [6.45, 7) is 2.52. The van der Waals surface area contributed by atoms with E-state index in [-0.39, 0.29) is 30.5 Å². The van der Waals surface area contributed by atoms with Crippen LogP contribution in [-0.4, -0.2) is 54.5 Å². The number of hydrogen-bond donors (Lipinski definition) is 1. The molecule has 0 bridgehead atoms. The van der Waals surface area contributed by atoms with Crippen molar-refractivity contribution in [2.75, 3.05) is 25.6 Å². The van der Waals surface area contributed by atoms with Crippen molar-refractivity contribution < 1.29 is 23.9 Å². The molecule has 2 rings (SSSR count). The molecule has 0 saturated carbocycles. The number of nitrogens with zero attached hydrogens (tertiary/aromatic N) is 1. The lowest BCUT2D eigenvalue weighted by Crippen LogP contribution is -2.46. The van der Waals surface area contributed by atoms with E-state index < -0.39 is 5.97 Å². The molecule has 1 aromatic carbocycles. The van der Waals surface area contributed by atoms with E-state index in [1.165, 1.54) is 13.0 Å². The van der Waals surface area contributed by atoms with Crippen LogP contribution in [0.15, 0.2) is 24.3 Å². The molecule has 7 nitrogen and oxygen atoms in total. The number of benzene rings is 1. The summed E-state index contributed by atoms with van der Waals surface area (Å²) in [4.78, 5) is 36.7. The molecule has 0 atom stereocenters. The number of likely N-dealkylation sites (tertiary alicyclic amines) is 1. The molecule has 1 aromatic rings. The average molecular weight is 369 g/mol. The zero-order valence-electron chi connectivity index (χ0n) is 14.0. The van der Waals surface area contributed by atoms with E-state index in [2.05, 4.69) is 5.32 Å². The van der Waals surface area contributed by atoms with Gasteiger partial charge in [-0.25, -0.2) is 4.79 Å². The van der Waals surface area contributed by atoms with Gasteiger partial charge in [0.1, 0.15) is 12.4 Å². The second-order valence-electron chi connectivity index (χ2n) is 5.66. The molecule has 1 N–H and O–H groups in total. The Morgan fingerprint density at radius 2 is 2.00 bits per heavy atom. The number of amides is 2. The Balaban J connectivity index is 1.84. The third kappa shape index (κ3) is 5.94. The molecule has 25 heavy (non-hydrogen) atoms. The Kier molecular flexibility index (Phi) is 7.06. The highest BCUT2D eigenvalue weighted by molar-refractivity contribution is 6.18. The highest BCUT2D eigenvalue weighted by Gasteiger charge is 2.25. The van der Waals surface area contributed by atoms with Crippen LogP contribution in [0.4, 0.5) is 4.79 Å². The quantitative estimate of drug-likeness (QED) is 0.489. The van der Waals surface area contributed by atoms with Gasteiger partial charge in [-0.3, -0.25) is 9.59 Å². The normalized spacial score (nSPS) is 14.7. The van der Waals surface area contributed by atoms with E-state index in [1.807, 2.05) is 0 Å². The van der Waals surface area contributed by atoms with Gasteiger partial charge in [0.25, 0.3) is 5.91 Å². The molecule has 1 heterocycles. The minimum absolute atomic E-state index is 0.0260. The van der Waals surface area contributed by atoms with Gasteiger partial charge < -0.3 is 19.7 Å². The maximum Gasteiger partial charge on any atom is 0.409 e. The third-order valence-electron chi connectivity index (χ3n) is 3.75. The van der Waals surface area contributed by atoms with Crippen molar-refractivity contribution in [3.8, 4) is 5.75 Å². The second kappa shape index (κ2) is 9.27. The van der Waals surface area contributed by atoms with E-state index in [9.17, 15) is 14.4 Å². The number of halogens is 1. The van der Waals surface area contributed by atoms with Gasteiger partial charge in [-0.05, 0) is 31.0 Å². The lowest BCUT2D eigenvalue weighted by atomic mass is 10.0. The number of rotatable bonds is 5. The summed E-state index contributed by atoms with van der Waals surface area (Å²) in [7, 11) is 0. The highest BCUT2D eigenvalue weighted by atomic mass is 35.5. The third-order valence-corrected chi connectivity index (χ3v) is 3.90. The number of nitrogens with one attached hydrogen (secondary N) is 1. The number of piperidine rings is 1. The van der Waals surface area contributed by atoms with E-state index >= 15 is 0 Å².